The van der Waals surface area contributed by atoms with E-state index in [4.69, 9.17) is 4.98 Å². The van der Waals surface area contributed by atoms with Gasteiger partial charge in [-0.1, -0.05) is 18.2 Å². The maximum atomic E-state index is 12.2. The van der Waals surface area contributed by atoms with Crippen molar-refractivity contribution in [1.29, 1.82) is 0 Å². The highest BCUT2D eigenvalue weighted by atomic mass is 32.2. The second-order valence-electron chi connectivity index (χ2n) is 9.40. The molecule has 1 saturated heterocycles. The maximum absolute atomic E-state index is 12.2. The first-order valence-corrected chi connectivity index (χ1v) is 13.1. The lowest BCUT2D eigenvalue weighted by molar-refractivity contribution is 0.143. The molecule has 1 aromatic heterocycles. The average Bonchev–Trinajstić information content (AvgIpc) is 3.24. The number of nitrogens with zero attached hydrogens (tertiary/aromatic N) is 3. The SMILES string of the molecule is C[S@](=O)c1cnc(N2CCC(c3ccc4c(c3)CCC4)CC2)nc1NC1(CO)CCC1. The lowest BCUT2D eigenvalue weighted by atomic mass is 9.77. The minimum Gasteiger partial charge on any atom is -0.394 e. The van der Waals surface area contributed by atoms with Crippen LogP contribution < -0.4 is 10.2 Å². The summed E-state index contributed by atoms with van der Waals surface area (Å²) in [5, 5.41) is 13.3. The summed E-state index contributed by atoms with van der Waals surface area (Å²) in [5.74, 6) is 1.90. The molecule has 166 valence electrons. The molecule has 0 unspecified atom stereocenters. The molecule has 2 aromatic rings. The van der Waals surface area contributed by atoms with E-state index in [1.54, 1.807) is 18.0 Å². The van der Waals surface area contributed by atoms with E-state index in [9.17, 15) is 9.32 Å². The smallest absolute Gasteiger partial charge is 0.227 e. The number of hydrogen-bond acceptors (Lipinski definition) is 6. The zero-order valence-corrected chi connectivity index (χ0v) is 19.1. The van der Waals surface area contributed by atoms with Crippen LogP contribution in [-0.2, 0) is 23.6 Å². The molecule has 2 aliphatic carbocycles. The normalized spacial score (nSPS) is 21.4. The minimum absolute atomic E-state index is 0.0638. The molecule has 2 heterocycles. The monoisotopic (exact) mass is 440 g/mol. The summed E-state index contributed by atoms with van der Waals surface area (Å²) < 4.78 is 12.2. The first kappa shape index (κ1) is 20.9. The summed E-state index contributed by atoms with van der Waals surface area (Å²) in [6.07, 6.45) is 12.2. The topological polar surface area (TPSA) is 78.4 Å². The van der Waals surface area contributed by atoms with Crippen LogP contribution in [0.15, 0.2) is 29.3 Å². The number of hydrogen-bond donors (Lipinski definition) is 2. The largest absolute Gasteiger partial charge is 0.394 e. The molecular weight excluding hydrogens is 408 g/mol. The average molecular weight is 441 g/mol. The van der Waals surface area contributed by atoms with E-state index in [2.05, 4.69) is 33.4 Å². The Morgan fingerprint density at radius 1 is 1.19 bits per heavy atom. The Hall–Kier alpha value is -1.99. The van der Waals surface area contributed by atoms with Gasteiger partial charge in [-0.3, -0.25) is 4.21 Å². The number of rotatable bonds is 6. The highest BCUT2D eigenvalue weighted by Crippen LogP contribution is 2.37. The molecule has 1 saturated carbocycles. The van der Waals surface area contributed by atoms with E-state index in [0.717, 1.165) is 45.2 Å². The predicted molar refractivity (Wildman–Crippen MR) is 124 cm³/mol. The Morgan fingerprint density at radius 2 is 1.97 bits per heavy atom. The van der Waals surface area contributed by atoms with Gasteiger partial charge < -0.3 is 15.3 Å². The fourth-order valence-electron chi connectivity index (χ4n) is 5.25. The summed E-state index contributed by atoms with van der Waals surface area (Å²) >= 11 is 0. The number of aliphatic hydroxyl groups excluding tert-OH is 1. The molecule has 7 heteroatoms. The summed E-state index contributed by atoms with van der Waals surface area (Å²) in [4.78, 5) is 12.2. The quantitative estimate of drug-likeness (QED) is 0.717. The van der Waals surface area contributed by atoms with Crippen LogP contribution in [0.4, 0.5) is 11.8 Å². The molecule has 5 rings (SSSR count). The van der Waals surface area contributed by atoms with Crippen LogP contribution in [0.25, 0.3) is 0 Å². The van der Waals surface area contributed by atoms with Gasteiger partial charge in [0.25, 0.3) is 0 Å². The summed E-state index contributed by atoms with van der Waals surface area (Å²) in [6, 6.07) is 7.12. The van der Waals surface area contributed by atoms with Crippen molar-refractivity contribution in [3.8, 4) is 0 Å². The molecular formula is C24H32N4O2S. The van der Waals surface area contributed by atoms with E-state index >= 15 is 0 Å². The lowest BCUT2D eigenvalue weighted by Gasteiger charge is -2.41. The second kappa shape index (κ2) is 8.51. The van der Waals surface area contributed by atoms with Crippen molar-refractivity contribution < 1.29 is 9.32 Å². The Kier molecular flexibility index (Phi) is 5.73. The van der Waals surface area contributed by atoms with Crippen LogP contribution in [0.1, 0.15) is 61.1 Å². The van der Waals surface area contributed by atoms with Crippen molar-refractivity contribution in [3.63, 3.8) is 0 Å². The number of benzene rings is 1. The number of piperidine rings is 1. The molecule has 0 amide bonds. The molecule has 0 spiro atoms. The molecule has 1 aliphatic heterocycles. The molecule has 3 aliphatic rings. The van der Waals surface area contributed by atoms with E-state index in [1.807, 2.05) is 0 Å². The second-order valence-corrected chi connectivity index (χ2v) is 10.7. The number of aryl methyl sites for hydroxylation is 2. The Balaban J connectivity index is 1.30. The Morgan fingerprint density at radius 3 is 2.65 bits per heavy atom. The van der Waals surface area contributed by atoms with E-state index in [0.29, 0.717) is 22.6 Å². The van der Waals surface area contributed by atoms with Gasteiger partial charge in [0, 0.05) is 19.3 Å². The highest BCUT2D eigenvalue weighted by Gasteiger charge is 2.37. The lowest BCUT2D eigenvalue weighted by Crippen LogP contribution is -2.48. The van der Waals surface area contributed by atoms with Gasteiger partial charge in [0.15, 0.2) is 0 Å². The Bertz CT molecular complexity index is 978. The number of anilines is 2. The zero-order chi connectivity index (χ0) is 21.4. The van der Waals surface area contributed by atoms with Crippen LogP contribution in [0.2, 0.25) is 0 Å². The van der Waals surface area contributed by atoms with Crippen molar-refractivity contribution >= 4 is 22.6 Å². The molecule has 2 N–H and O–H groups in total. The van der Waals surface area contributed by atoms with Crippen molar-refractivity contribution in [3.05, 3.63) is 41.1 Å². The zero-order valence-electron chi connectivity index (χ0n) is 18.3. The van der Waals surface area contributed by atoms with Gasteiger partial charge >= 0.3 is 0 Å². The molecule has 1 aromatic carbocycles. The van der Waals surface area contributed by atoms with Gasteiger partial charge in [-0.2, -0.15) is 4.98 Å². The van der Waals surface area contributed by atoms with Gasteiger partial charge in [-0.25, -0.2) is 4.98 Å². The summed E-state index contributed by atoms with van der Waals surface area (Å²) in [6.45, 7) is 1.90. The summed E-state index contributed by atoms with van der Waals surface area (Å²) in [5.41, 5.74) is 4.24. The van der Waals surface area contributed by atoms with Crippen LogP contribution in [-0.4, -0.2) is 50.8 Å². The molecule has 31 heavy (non-hydrogen) atoms. The van der Waals surface area contributed by atoms with Crippen LogP contribution in [0.3, 0.4) is 0 Å². The number of aliphatic hydroxyl groups is 1. The molecule has 2 fully saturated rings. The van der Waals surface area contributed by atoms with Gasteiger partial charge in [0.2, 0.25) is 5.95 Å². The third-order valence-corrected chi connectivity index (χ3v) is 8.34. The number of nitrogens with one attached hydrogen (secondary N) is 1. The fourth-order valence-corrected chi connectivity index (χ4v) is 5.82. The predicted octanol–water partition coefficient (Wildman–Crippen LogP) is 3.41. The third kappa shape index (κ3) is 4.10. The van der Waals surface area contributed by atoms with Crippen molar-refractivity contribution in [2.75, 3.05) is 36.2 Å². The van der Waals surface area contributed by atoms with Crippen molar-refractivity contribution in [2.24, 2.45) is 0 Å². The van der Waals surface area contributed by atoms with Gasteiger partial charge in [0.05, 0.1) is 34.0 Å². The molecule has 0 radical (unpaired) electrons. The maximum Gasteiger partial charge on any atom is 0.227 e. The van der Waals surface area contributed by atoms with Crippen molar-refractivity contribution in [2.45, 2.75) is 67.7 Å². The first-order chi connectivity index (χ1) is 15.1. The van der Waals surface area contributed by atoms with E-state index < -0.39 is 10.8 Å². The van der Waals surface area contributed by atoms with Gasteiger partial charge in [0.1, 0.15) is 5.82 Å². The van der Waals surface area contributed by atoms with E-state index in [-0.39, 0.29) is 12.1 Å². The molecule has 6 nitrogen and oxygen atoms in total. The molecule has 0 bridgehead atoms. The van der Waals surface area contributed by atoms with E-state index in [1.165, 1.54) is 30.4 Å². The van der Waals surface area contributed by atoms with Crippen LogP contribution in [0, 0.1) is 0 Å². The fraction of sp³-hybridized carbons (Fsp3) is 0.583. The van der Waals surface area contributed by atoms with Crippen LogP contribution in [0.5, 0.6) is 0 Å². The van der Waals surface area contributed by atoms with Crippen molar-refractivity contribution in [1.82, 2.24) is 9.97 Å². The summed E-state index contributed by atoms with van der Waals surface area (Å²) in [7, 11) is -1.19. The third-order valence-electron chi connectivity index (χ3n) is 7.42. The molecule has 1 atom stereocenters. The standard InChI is InChI=1S/C24H32N4O2S/c1-31(30)21-15-25-23(26-22(21)27-24(16-29)10-3-11-24)28-12-8-18(9-13-28)20-7-6-17-4-2-5-19(17)14-20/h6-7,14-15,18,29H,2-5,8-13,16H2,1H3,(H,25,26,27)/t31-/m0/s1. The highest BCUT2D eigenvalue weighted by molar-refractivity contribution is 7.84. The Labute approximate surface area is 186 Å². The van der Waals surface area contributed by atoms with Crippen LogP contribution >= 0.6 is 0 Å². The number of aromatic nitrogens is 2. The number of fused-ring (bicyclic) bond motifs is 1. The minimum atomic E-state index is -1.19. The van der Waals surface area contributed by atoms with Gasteiger partial charge in [-0.15, -0.1) is 0 Å². The van der Waals surface area contributed by atoms with Gasteiger partial charge in [-0.05, 0) is 74.0 Å². The first-order valence-electron chi connectivity index (χ1n) is 11.5.